The summed E-state index contributed by atoms with van der Waals surface area (Å²) in [6.07, 6.45) is -0.909. The Morgan fingerprint density at radius 3 is 1.88 bits per heavy atom. The third kappa shape index (κ3) is 5.36. The first-order valence-electron chi connectivity index (χ1n) is 14.9. The topological polar surface area (TPSA) is 121 Å². The number of hydrogen-bond acceptors (Lipinski definition) is 11. The molecule has 0 aliphatic carbocycles. The van der Waals surface area contributed by atoms with Gasteiger partial charge in [-0.05, 0) is 35.9 Å². The lowest BCUT2D eigenvalue weighted by atomic mass is 9.79. The van der Waals surface area contributed by atoms with Gasteiger partial charge < -0.3 is 42.3 Å². The monoisotopic (exact) mass is 654 g/mol. The molecule has 0 bridgehead atoms. The van der Waals surface area contributed by atoms with Crippen LogP contribution >= 0.6 is 0 Å². The van der Waals surface area contributed by atoms with Gasteiger partial charge in [0.05, 0.1) is 61.2 Å². The van der Waals surface area contributed by atoms with Gasteiger partial charge in [0, 0.05) is 29.8 Å². The highest BCUT2D eigenvalue weighted by atomic mass is 16.5. The number of benzene rings is 4. The smallest absolute Gasteiger partial charge is 0.197 e. The third-order valence-corrected chi connectivity index (χ3v) is 8.41. The van der Waals surface area contributed by atoms with Crippen molar-refractivity contribution in [1.29, 1.82) is 0 Å². The number of carbonyl (C=O) groups excluding carboxylic acids is 1. The molecule has 0 saturated heterocycles. The fourth-order valence-corrected chi connectivity index (χ4v) is 6.07. The van der Waals surface area contributed by atoms with E-state index in [1.165, 1.54) is 48.7 Å². The molecular formula is C37H34O11. The molecule has 0 amide bonds. The maximum absolute atomic E-state index is 14.9. The average molecular weight is 655 g/mol. The normalized spacial score (nSPS) is 15.3. The number of Topliss-reactive ketones (excluding diaryl/α,β-unsaturated/α-hetero) is 1. The van der Waals surface area contributed by atoms with Crippen LogP contribution < -0.4 is 43.3 Å². The van der Waals surface area contributed by atoms with Crippen molar-refractivity contribution in [1.82, 2.24) is 0 Å². The third-order valence-electron chi connectivity index (χ3n) is 8.41. The van der Waals surface area contributed by atoms with Gasteiger partial charge in [-0.2, -0.15) is 0 Å². The van der Waals surface area contributed by atoms with E-state index in [0.29, 0.717) is 39.7 Å². The number of rotatable bonds is 10. The highest BCUT2D eigenvalue weighted by Crippen LogP contribution is 2.52. The van der Waals surface area contributed by atoms with Gasteiger partial charge in [-0.15, -0.1) is 0 Å². The van der Waals surface area contributed by atoms with Gasteiger partial charge in [-0.25, -0.2) is 0 Å². The molecule has 6 rings (SSSR count). The molecule has 1 aliphatic rings. The van der Waals surface area contributed by atoms with Crippen molar-refractivity contribution in [2.24, 2.45) is 0 Å². The Labute approximate surface area is 276 Å². The molecule has 0 N–H and O–H groups in total. The summed E-state index contributed by atoms with van der Waals surface area (Å²) < 4.78 is 52.2. The second-order valence-electron chi connectivity index (χ2n) is 10.8. The van der Waals surface area contributed by atoms with Gasteiger partial charge in [0.2, 0.25) is 0 Å². The van der Waals surface area contributed by atoms with Crippen molar-refractivity contribution in [3.8, 4) is 57.3 Å². The van der Waals surface area contributed by atoms with Crippen molar-refractivity contribution < 1.29 is 47.1 Å². The second-order valence-corrected chi connectivity index (χ2v) is 10.8. The van der Waals surface area contributed by atoms with Crippen LogP contribution in [0.1, 0.15) is 33.5 Å². The number of fused-ring (bicyclic) bond motifs is 2. The maximum Gasteiger partial charge on any atom is 0.197 e. The minimum Gasteiger partial charge on any atom is -0.497 e. The van der Waals surface area contributed by atoms with E-state index in [2.05, 4.69) is 0 Å². The zero-order valence-electron chi connectivity index (χ0n) is 27.5. The average Bonchev–Trinajstić information content (AvgIpc) is 3.13. The summed E-state index contributed by atoms with van der Waals surface area (Å²) >= 11 is 0. The molecular weight excluding hydrogens is 620 g/mol. The minimum atomic E-state index is -1.08. The van der Waals surface area contributed by atoms with E-state index in [0.717, 1.165) is 0 Å². The predicted octanol–water partition coefficient (Wildman–Crippen LogP) is 6.62. The van der Waals surface area contributed by atoms with E-state index in [4.69, 9.17) is 42.3 Å². The largest absolute Gasteiger partial charge is 0.497 e. The SMILES string of the molecule is COc1ccc(C2Oc3cc(OC)cc(OC)c3C(=O)C2c2c(OC)cc(OC)c3c(=O)cc(-c4ccc(OC)c(OC)c4)oc23)cc1. The molecule has 11 heteroatoms. The summed E-state index contributed by atoms with van der Waals surface area (Å²) in [6, 6.07) is 18.5. The molecule has 0 saturated carbocycles. The van der Waals surface area contributed by atoms with Crippen LogP contribution in [0.3, 0.4) is 0 Å². The van der Waals surface area contributed by atoms with Crippen LogP contribution in [-0.2, 0) is 0 Å². The summed E-state index contributed by atoms with van der Waals surface area (Å²) in [5, 5.41) is 0.131. The lowest BCUT2D eigenvalue weighted by molar-refractivity contribution is 0.0772. The van der Waals surface area contributed by atoms with E-state index < -0.39 is 17.5 Å². The summed E-state index contributed by atoms with van der Waals surface area (Å²) in [4.78, 5) is 28.8. The molecule has 2 atom stereocenters. The molecule has 11 nitrogen and oxygen atoms in total. The summed E-state index contributed by atoms with van der Waals surface area (Å²) in [6.45, 7) is 0. The van der Waals surface area contributed by atoms with Crippen LogP contribution in [0.4, 0.5) is 0 Å². The van der Waals surface area contributed by atoms with Crippen LogP contribution in [0.15, 0.2) is 75.9 Å². The van der Waals surface area contributed by atoms with Crippen LogP contribution in [0, 0.1) is 0 Å². The molecule has 0 fully saturated rings. The lowest BCUT2D eigenvalue weighted by Crippen LogP contribution is -2.31. The van der Waals surface area contributed by atoms with Crippen molar-refractivity contribution >= 4 is 16.8 Å². The van der Waals surface area contributed by atoms with E-state index in [-0.39, 0.29) is 51.1 Å². The standard InChI is InChI=1S/C37H34O11/c1-40-21-11-8-19(9-12-21)36-34(35(39)32-27(44-5)15-22(41-2)16-30(32)48-36)33-29(46-7)18-28(45-6)31-23(38)17-25(47-37(31)33)20-10-13-24(42-3)26(14-20)43-4/h8-18,34,36H,1-7H3. The number of ketones is 1. The van der Waals surface area contributed by atoms with E-state index in [1.807, 2.05) is 12.1 Å². The van der Waals surface area contributed by atoms with Crippen molar-refractivity contribution in [2.45, 2.75) is 12.0 Å². The van der Waals surface area contributed by atoms with E-state index >= 15 is 0 Å². The quantitative estimate of drug-likeness (QED) is 0.162. The summed E-state index contributed by atoms with van der Waals surface area (Å²) in [5.74, 6) is 1.81. The van der Waals surface area contributed by atoms with Gasteiger partial charge >= 0.3 is 0 Å². The van der Waals surface area contributed by atoms with E-state index in [9.17, 15) is 9.59 Å². The molecule has 2 heterocycles. The van der Waals surface area contributed by atoms with Crippen LogP contribution in [0.2, 0.25) is 0 Å². The Morgan fingerprint density at radius 2 is 1.25 bits per heavy atom. The molecule has 1 aromatic heterocycles. The zero-order valence-corrected chi connectivity index (χ0v) is 27.5. The van der Waals surface area contributed by atoms with Crippen molar-refractivity contribution in [3.05, 3.63) is 93.6 Å². The predicted molar refractivity (Wildman–Crippen MR) is 177 cm³/mol. The zero-order chi connectivity index (χ0) is 34.1. The Balaban J connectivity index is 1.68. The molecule has 4 aromatic carbocycles. The Hall–Kier alpha value is -5.84. The molecule has 0 radical (unpaired) electrons. The molecule has 248 valence electrons. The van der Waals surface area contributed by atoms with Crippen LogP contribution in [0.5, 0.6) is 46.0 Å². The van der Waals surface area contributed by atoms with Crippen molar-refractivity contribution in [3.63, 3.8) is 0 Å². The fourth-order valence-electron chi connectivity index (χ4n) is 6.07. The molecule has 2 unspecified atom stereocenters. The number of hydrogen-bond donors (Lipinski definition) is 0. The molecule has 48 heavy (non-hydrogen) atoms. The van der Waals surface area contributed by atoms with Gasteiger partial charge in [-0.3, -0.25) is 9.59 Å². The Morgan fingerprint density at radius 1 is 0.583 bits per heavy atom. The van der Waals surface area contributed by atoms with Gasteiger partial charge in [0.15, 0.2) is 22.7 Å². The molecule has 5 aromatic rings. The fraction of sp³-hybridized carbons (Fsp3) is 0.243. The van der Waals surface area contributed by atoms with Crippen LogP contribution in [0.25, 0.3) is 22.3 Å². The second kappa shape index (κ2) is 13.1. The highest BCUT2D eigenvalue weighted by Gasteiger charge is 2.45. The van der Waals surface area contributed by atoms with Gasteiger partial charge in [0.1, 0.15) is 62.9 Å². The van der Waals surface area contributed by atoms with Crippen LogP contribution in [-0.4, -0.2) is 55.6 Å². The first-order valence-corrected chi connectivity index (χ1v) is 14.9. The first-order chi connectivity index (χ1) is 23.3. The first kappa shape index (κ1) is 32.1. The Kier molecular flexibility index (Phi) is 8.77. The van der Waals surface area contributed by atoms with Crippen molar-refractivity contribution in [2.75, 3.05) is 49.8 Å². The number of carbonyl (C=O) groups is 1. The summed E-state index contributed by atoms with van der Waals surface area (Å²) in [7, 11) is 10.5. The van der Waals surface area contributed by atoms with Gasteiger partial charge in [-0.1, -0.05) is 12.1 Å². The Bertz CT molecular complexity index is 2060. The van der Waals surface area contributed by atoms with E-state index in [1.54, 1.807) is 55.6 Å². The lowest BCUT2D eigenvalue weighted by Gasteiger charge is -2.35. The molecule has 1 aliphatic heterocycles. The molecule has 0 spiro atoms. The maximum atomic E-state index is 14.9. The number of ether oxygens (including phenoxy) is 8. The van der Waals surface area contributed by atoms with Gasteiger partial charge in [0.25, 0.3) is 0 Å². The minimum absolute atomic E-state index is 0.0971. The highest BCUT2D eigenvalue weighted by molar-refractivity contribution is 6.09. The summed E-state index contributed by atoms with van der Waals surface area (Å²) in [5.41, 5.74) is 1.40. The number of methoxy groups -OCH3 is 7.